The van der Waals surface area contributed by atoms with Gasteiger partial charge in [-0.25, -0.2) is 8.42 Å². The molecule has 0 heterocycles. The molecule has 232 valence electrons. The average Bonchev–Trinajstić information content (AvgIpc) is 2.95. The number of amides is 2. The molecule has 0 spiro atoms. The van der Waals surface area contributed by atoms with Crippen LogP contribution < -0.4 is 19.1 Å². The highest BCUT2D eigenvalue weighted by Gasteiger charge is 2.35. The highest BCUT2D eigenvalue weighted by molar-refractivity contribution is 7.92. The lowest BCUT2D eigenvalue weighted by Gasteiger charge is -2.35. The lowest BCUT2D eigenvalue weighted by molar-refractivity contribution is -0.141. The zero-order valence-electron chi connectivity index (χ0n) is 25.7. The van der Waals surface area contributed by atoms with Crippen molar-refractivity contribution in [1.82, 2.24) is 10.2 Å². The highest BCUT2D eigenvalue weighted by Crippen LogP contribution is 2.33. The molecular weight excluding hydrogens is 590 g/mol. The third-order valence-electron chi connectivity index (χ3n) is 6.82. The minimum absolute atomic E-state index is 0.101. The molecule has 0 radical (unpaired) electrons. The molecule has 0 unspecified atom stereocenters. The predicted molar refractivity (Wildman–Crippen MR) is 169 cm³/mol. The average molecular weight is 630 g/mol. The van der Waals surface area contributed by atoms with Crippen LogP contribution in [0.1, 0.15) is 45.2 Å². The van der Waals surface area contributed by atoms with E-state index >= 15 is 0 Å². The zero-order valence-corrected chi connectivity index (χ0v) is 27.3. The van der Waals surface area contributed by atoms with Crippen molar-refractivity contribution < 1.29 is 27.5 Å². The summed E-state index contributed by atoms with van der Waals surface area (Å²) in [5.41, 5.74) is 1.49. The van der Waals surface area contributed by atoms with Crippen LogP contribution in [0.3, 0.4) is 0 Å². The number of nitrogens with one attached hydrogen (secondary N) is 1. The van der Waals surface area contributed by atoms with Gasteiger partial charge in [-0.1, -0.05) is 42.8 Å². The largest absolute Gasteiger partial charge is 0.493 e. The Bertz CT molecular complexity index is 1540. The van der Waals surface area contributed by atoms with Crippen molar-refractivity contribution in [1.29, 1.82) is 0 Å². The van der Waals surface area contributed by atoms with Crippen LogP contribution in [0.5, 0.6) is 11.5 Å². The summed E-state index contributed by atoms with van der Waals surface area (Å²) in [6.07, 6.45) is 0.322. The van der Waals surface area contributed by atoms with Crippen LogP contribution in [-0.4, -0.2) is 57.5 Å². The lowest BCUT2D eigenvalue weighted by Crippen LogP contribution is -2.55. The molecule has 0 aromatic heterocycles. The van der Waals surface area contributed by atoms with E-state index in [2.05, 4.69) is 5.32 Å². The first-order chi connectivity index (χ1) is 20.2. The van der Waals surface area contributed by atoms with Crippen molar-refractivity contribution in [3.05, 3.63) is 82.9 Å². The Labute approximate surface area is 259 Å². The van der Waals surface area contributed by atoms with Gasteiger partial charge in [-0.05, 0) is 81.6 Å². The molecule has 11 heteroatoms. The van der Waals surface area contributed by atoms with Crippen LogP contribution in [-0.2, 0) is 26.2 Å². The summed E-state index contributed by atoms with van der Waals surface area (Å²) >= 11 is 6.11. The van der Waals surface area contributed by atoms with Gasteiger partial charge in [0.2, 0.25) is 11.8 Å². The molecule has 0 fully saturated rings. The number of sulfonamides is 1. The number of benzene rings is 3. The molecule has 3 rings (SSSR count). The second-order valence-corrected chi connectivity index (χ2v) is 13.4. The summed E-state index contributed by atoms with van der Waals surface area (Å²) in [6, 6.07) is 17.1. The monoisotopic (exact) mass is 629 g/mol. The maximum atomic E-state index is 14.3. The lowest BCUT2D eigenvalue weighted by atomic mass is 10.0. The van der Waals surface area contributed by atoms with Gasteiger partial charge in [0.05, 0.1) is 24.8 Å². The summed E-state index contributed by atoms with van der Waals surface area (Å²) in [5.74, 6) is -0.288. The molecule has 0 aliphatic heterocycles. The molecule has 0 saturated carbocycles. The van der Waals surface area contributed by atoms with Crippen LogP contribution in [0.15, 0.2) is 71.6 Å². The van der Waals surface area contributed by atoms with Gasteiger partial charge in [-0.2, -0.15) is 0 Å². The predicted octanol–water partition coefficient (Wildman–Crippen LogP) is 5.58. The smallest absolute Gasteiger partial charge is 0.264 e. The molecule has 0 aliphatic rings. The highest BCUT2D eigenvalue weighted by atomic mass is 35.5. The molecule has 0 saturated heterocycles. The minimum atomic E-state index is -4.31. The fourth-order valence-corrected chi connectivity index (χ4v) is 6.14. The second kappa shape index (κ2) is 14.1. The SMILES string of the molecule is CC[C@@H](C(=O)NC(C)(C)C)N(Cc1ccccc1C)C(=O)CN(c1ccc(Cl)cc1)S(=O)(=O)c1ccc(OC)c(OC)c1. The number of halogens is 1. The van der Waals surface area contributed by atoms with Crippen molar-refractivity contribution >= 4 is 39.1 Å². The topological polar surface area (TPSA) is 105 Å². The Morgan fingerprint density at radius 2 is 1.58 bits per heavy atom. The number of hydrogen-bond donors (Lipinski definition) is 1. The number of carbonyl (C=O) groups excluding carboxylic acids is 2. The van der Waals surface area contributed by atoms with Gasteiger partial charge in [0.15, 0.2) is 11.5 Å². The number of anilines is 1. The molecule has 9 nitrogen and oxygen atoms in total. The van der Waals surface area contributed by atoms with Crippen LogP contribution in [0.25, 0.3) is 0 Å². The maximum absolute atomic E-state index is 14.3. The van der Waals surface area contributed by atoms with E-state index in [1.807, 2.05) is 58.9 Å². The number of rotatable bonds is 12. The summed E-state index contributed by atoms with van der Waals surface area (Å²) in [7, 11) is -1.45. The first-order valence-electron chi connectivity index (χ1n) is 13.9. The summed E-state index contributed by atoms with van der Waals surface area (Å²) < 4.78 is 40.0. The van der Waals surface area contributed by atoms with E-state index in [-0.39, 0.29) is 28.8 Å². The molecule has 0 aliphatic carbocycles. The molecule has 3 aromatic rings. The Morgan fingerprint density at radius 3 is 2.14 bits per heavy atom. The van der Waals surface area contributed by atoms with Crippen LogP contribution >= 0.6 is 11.6 Å². The summed E-state index contributed by atoms with van der Waals surface area (Å²) in [5, 5.41) is 3.38. The molecule has 3 aromatic carbocycles. The van der Waals surface area contributed by atoms with Gasteiger partial charge in [-0.3, -0.25) is 13.9 Å². The molecule has 1 N–H and O–H groups in total. The Balaban J connectivity index is 2.12. The second-order valence-electron chi connectivity index (χ2n) is 11.1. The van der Waals surface area contributed by atoms with E-state index in [1.165, 1.54) is 49.5 Å². The standard InChI is InChI=1S/C32H40ClN3O6S/c1-8-27(31(38)34-32(3,4)5)35(20-23-12-10-9-11-22(23)2)30(37)21-36(25-15-13-24(33)14-16-25)43(39,40)26-17-18-28(41-6)29(19-26)42-7/h9-19,27H,8,20-21H2,1-7H3,(H,34,38)/t27-/m0/s1. The number of aryl methyl sites for hydroxylation is 1. The Kier molecular flexibility index (Phi) is 11.1. The number of carbonyl (C=O) groups is 2. The van der Waals surface area contributed by atoms with Gasteiger partial charge in [0, 0.05) is 23.2 Å². The summed E-state index contributed by atoms with van der Waals surface area (Å²) in [6.45, 7) is 8.89. The van der Waals surface area contributed by atoms with Crippen molar-refractivity contribution in [3.63, 3.8) is 0 Å². The quantitative estimate of drug-likeness (QED) is 0.280. The van der Waals surface area contributed by atoms with Crippen molar-refractivity contribution in [2.45, 2.75) is 64.1 Å². The number of hydrogen-bond acceptors (Lipinski definition) is 6. The van der Waals surface area contributed by atoms with E-state index < -0.39 is 34.1 Å². The molecular formula is C32H40ClN3O6S. The third kappa shape index (κ3) is 8.42. The number of nitrogens with zero attached hydrogens (tertiary/aromatic N) is 2. The fraction of sp³-hybridized carbons (Fsp3) is 0.375. The molecule has 43 heavy (non-hydrogen) atoms. The van der Waals surface area contributed by atoms with Gasteiger partial charge >= 0.3 is 0 Å². The maximum Gasteiger partial charge on any atom is 0.264 e. The third-order valence-corrected chi connectivity index (χ3v) is 8.84. The summed E-state index contributed by atoms with van der Waals surface area (Å²) in [4.78, 5) is 29.1. The number of methoxy groups -OCH3 is 2. The first kappa shape index (κ1) is 33.7. The van der Waals surface area contributed by atoms with Gasteiger partial charge in [0.1, 0.15) is 12.6 Å². The van der Waals surface area contributed by atoms with Gasteiger partial charge < -0.3 is 19.7 Å². The normalized spacial score (nSPS) is 12.3. The van der Waals surface area contributed by atoms with E-state index in [9.17, 15) is 18.0 Å². The Hall–Kier alpha value is -3.76. The van der Waals surface area contributed by atoms with E-state index in [1.54, 1.807) is 12.1 Å². The van der Waals surface area contributed by atoms with Crippen molar-refractivity contribution in [2.24, 2.45) is 0 Å². The van der Waals surface area contributed by atoms with Crippen LogP contribution in [0.2, 0.25) is 5.02 Å². The van der Waals surface area contributed by atoms with Crippen molar-refractivity contribution in [2.75, 3.05) is 25.1 Å². The molecule has 0 bridgehead atoms. The fourth-order valence-electron chi connectivity index (χ4n) is 4.58. The van der Waals surface area contributed by atoms with Crippen LogP contribution in [0, 0.1) is 6.92 Å². The number of ether oxygens (including phenoxy) is 2. The first-order valence-corrected chi connectivity index (χ1v) is 15.7. The van der Waals surface area contributed by atoms with E-state index in [0.717, 1.165) is 15.4 Å². The van der Waals surface area contributed by atoms with Gasteiger partial charge in [0.25, 0.3) is 10.0 Å². The van der Waals surface area contributed by atoms with Crippen molar-refractivity contribution in [3.8, 4) is 11.5 Å². The van der Waals surface area contributed by atoms with E-state index in [0.29, 0.717) is 17.2 Å². The minimum Gasteiger partial charge on any atom is -0.493 e. The van der Waals surface area contributed by atoms with Crippen LogP contribution in [0.4, 0.5) is 5.69 Å². The molecule has 1 atom stereocenters. The van der Waals surface area contributed by atoms with E-state index in [4.69, 9.17) is 21.1 Å². The molecule has 2 amide bonds. The van der Waals surface area contributed by atoms with Gasteiger partial charge in [-0.15, -0.1) is 0 Å². The zero-order chi connectivity index (χ0) is 31.9. The Morgan fingerprint density at radius 1 is 0.953 bits per heavy atom.